The molecule has 5 heteroatoms. The molecule has 0 aromatic carbocycles. The number of likely N-dealkylation sites (N-methyl/N-ethyl adjacent to an activating group) is 1. The van der Waals surface area contributed by atoms with Gasteiger partial charge in [-0.15, -0.1) is 0 Å². The van der Waals surface area contributed by atoms with Crippen LogP contribution in [0.1, 0.15) is 66.7 Å². The Bertz CT molecular complexity index is 382. The number of alkyl carbamates (subject to hydrolysis) is 1. The van der Waals surface area contributed by atoms with Crippen LogP contribution in [-0.4, -0.2) is 41.6 Å². The predicted molar refractivity (Wildman–Crippen MR) is 87.6 cm³/mol. The normalized spacial score (nSPS) is 18.0. The summed E-state index contributed by atoms with van der Waals surface area (Å²) in [7, 11) is 1.85. The van der Waals surface area contributed by atoms with Crippen molar-refractivity contribution >= 4 is 12.0 Å². The topological polar surface area (TPSA) is 58.6 Å². The lowest BCUT2D eigenvalue weighted by atomic mass is 9.93. The number of amides is 2. The van der Waals surface area contributed by atoms with E-state index >= 15 is 0 Å². The molecule has 0 radical (unpaired) electrons. The highest BCUT2D eigenvalue weighted by Crippen LogP contribution is 2.23. The third-order valence-electron chi connectivity index (χ3n) is 4.08. The average molecular weight is 312 g/mol. The van der Waals surface area contributed by atoms with Crippen molar-refractivity contribution in [1.29, 1.82) is 0 Å². The van der Waals surface area contributed by atoms with Crippen LogP contribution in [0.3, 0.4) is 0 Å². The SMILES string of the molecule is CC(C)C(NC(=O)OC(C)(C)C)C(=O)N(C)C1CCCCC1. The Morgan fingerprint density at radius 2 is 1.68 bits per heavy atom. The summed E-state index contributed by atoms with van der Waals surface area (Å²) in [6.45, 7) is 9.32. The molecule has 1 atom stereocenters. The molecule has 1 aliphatic rings. The number of nitrogens with one attached hydrogen (secondary N) is 1. The van der Waals surface area contributed by atoms with Crippen molar-refractivity contribution < 1.29 is 14.3 Å². The van der Waals surface area contributed by atoms with Gasteiger partial charge in [0.15, 0.2) is 0 Å². The first-order chi connectivity index (χ1) is 10.1. The number of hydrogen-bond acceptors (Lipinski definition) is 3. The van der Waals surface area contributed by atoms with E-state index < -0.39 is 17.7 Å². The van der Waals surface area contributed by atoms with E-state index in [9.17, 15) is 9.59 Å². The van der Waals surface area contributed by atoms with Gasteiger partial charge in [-0.3, -0.25) is 4.79 Å². The Hall–Kier alpha value is -1.26. The monoisotopic (exact) mass is 312 g/mol. The molecule has 1 fully saturated rings. The first kappa shape index (κ1) is 18.8. The number of rotatable bonds is 4. The molecule has 1 saturated carbocycles. The fourth-order valence-corrected chi connectivity index (χ4v) is 2.82. The maximum absolute atomic E-state index is 12.7. The van der Waals surface area contributed by atoms with Gasteiger partial charge in [0.1, 0.15) is 11.6 Å². The van der Waals surface area contributed by atoms with E-state index in [1.807, 2.05) is 46.6 Å². The van der Waals surface area contributed by atoms with E-state index in [1.165, 1.54) is 19.3 Å². The summed E-state index contributed by atoms with van der Waals surface area (Å²) in [5, 5.41) is 2.74. The zero-order chi connectivity index (χ0) is 16.9. The smallest absolute Gasteiger partial charge is 0.408 e. The van der Waals surface area contributed by atoms with Crippen LogP contribution in [0.5, 0.6) is 0 Å². The van der Waals surface area contributed by atoms with E-state index in [2.05, 4.69) is 5.32 Å². The number of carbonyl (C=O) groups is 2. The fraction of sp³-hybridized carbons (Fsp3) is 0.882. The summed E-state index contributed by atoms with van der Waals surface area (Å²) in [6, 6.07) is -0.246. The molecular weight excluding hydrogens is 280 g/mol. The highest BCUT2D eigenvalue weighted by molar-refractivity contribution is 5.86. The molecule has 0 aromatic heterocycles. The van der Waals surface area contributed by atoms with Gasteiger partial charge < -0.3 is 15.0 Å². The largest absolute Gasteiger partial charge is 0.444 e. The Morgan fingerprint density at radius 1 is 1.14 bits per heavy atom. The quantitative estimate of drug-likeness (QED) is 0.866. The molecule has 1 N–H and O–H groups in total. The summed E-state index contributed by atoms with van der Waals surface area (Å²) in [5.74, 6) is -0.00109. The van der Waals surface area contributed by atoms with Gasteiger partial charge in [-0.1, -0.05) is 33.1 Å². The maximum atomic E-state index is 12.7. The molecule has 0 aliphatic heterocycles. The summed E-state index contributed by atoms with van der Waals surface area (Å²) >= 11 is 0. The zero-order valence-corrected chi connectivity index (χ0v) is 14.9. The number of nitrogens with zero attached hydrogens (tertiary/aromatic N) is 1. The Morgan fingerprint density at radius 3 is 2.14 bits per heavy atom. The molecule has 0 spiro atoms. The minimum Gasteiger partial charge on any atom is -0.444 e. The molecule has 0 saturated heterocycles. The van der Waals surface area contributed by atoms with E-state index in [4.69, 9.17) is 4.74 Å². The summed E-state index contributed by atoms with van der Waals surface area (Å²) in [5.41, 5.74) is -0.566. The predicted octanol–water partition coefficient (Wildman–Crippen LogP) is 3.33. The van der Waals surface area contributed by atoms with Crippen LogP contribution in [0.2, 0.25) is 0 Å². The second kappa shape index (κ2) is 7.84. The first-order valence-electron chi connectivity index (χ1n) is 8.38. The van der Waals surface area contributed by atoms with Crippen molar-refractivity contribution in [2.24, 2.45) is 5.92 Å². The fourth-order valence-electron chi connectivity index (χ4n) is 2.82. The minimum atomic E-state index is -0.566. The lowest BCUT2D eigenvalue weighted by Gasteiger charge is -2.35. The third-order valence-corrected chi connectivity index (χ3v) is 4.08. The van der Waals surface area contributed by atoms with Crippen LogP contribution < -0.4 is 5.32 Å². The second-order valence-electron chi connectivity index (χ2n) is 7.61. The van der Waals surface area contributed by atoms with Crippen molar-refractivity contribution in [1.82, 2.24) is 10.2 Å². The van der Waals surface area contributed by atoms with Crippen LogP contribution in [-0.2, 0) is 9.53 Å². The zero-order valence-electron chi connectivity index (χ0n) is 14.9. The molecule has 5 nitrogen and oxygen atoms in total. The van der Waals surface area contributed by atoms with Gasteiger partial charge in [-0.05, 0) is 39.5 Å². The number of hydrogen-bond donors (Lipinski definition) is 1. The van der Waals surface area contributed by atoms with Gasteiger partial charge >= 0.3 is 6.09 Å². The molecule has 128 valence electrons. The molecule has 22 heavy (non-hydrogen) atoms. The lowest BCUT2D eigenvalue weighted by molar-refractivity contribution is -0.136. The number of carbonyl (C=O) groups excluding carboxylic acids is 2. The van der Waals surface area contributed by atoms with Gasteiger partial charge in [-0.2, -0.15) is 0 Å². The molecule has 0 heterocycles. The Balaban J connectivity index is 2.68. The molecule has 0 bridgehead atoms. The summed E-state index contributed by atoms with van der Waals surface area (Å²) in [4.78, 5) is 26.5. The molecule has 2 amide bonds. The van der Waals surface area contributed by atoms with E-state index in [0.717, 1.165) is 12.8 Å². The Labute approximate surface area is 134 Å². The van der Waals surface area contributed by atoms with Crippen molar-refractivity contribution in [3.8, 4) is 0 Å². The van der Waals surface area contributed by atoms with E-state index in [-0.39, 0.29) is 11.8 Å². The molecule has 1 aliphatic carbocycles. The van der Waals surface area contributed by atoms with Gasteiger partial charge in [0.2, 0.25) is 5.91 Å². The van der Waals surface area contributed by atoms with Crippen molar-refractivity contribution in [3.63, 3.8) is 0 Å². The van der Waals surface area contributed by atoms with Crippen LogP contribution in [0.15, 0.2) is 0 Å². The average Bonchev–Trinajstić information content (AvgIpc) is 2.42. The summed E-state index contributed by atoms with van der Waals surface area (Å²) < 4.78 is 5.27. The van der Waals surface area contributed by atoms with Crippen molar-refractivity contribution in [2.45, 2.75) is 84.4 Å². The van der Waals surface area contributed by atoms with Crippen LogP contribution >= 0.6 is 0 Å². The molecule has 1 rings (SSSR count). The van der Waals surface area contributed by atoms with Crippen LogP contribution in [0, 0.1) is 5.92 Å². The van der Waals surface area contributed by atoms with Crippen LogP contribution in [0.25, 0.3) is 0 Å². The van der Waals surface area contributed by atoms with Gasteiger partial charge in [0.25, 0.3) is 0 Å². The lowest BCUT2D eigenvalue weighted by Crippen LogP contribution is -2.53. The van der Waals surface area contributed by atoms with Crippen molar-refractivity contribution in [2.75, 3.05) is 7.05 Å². The van der Waals surface area contributed by atoms with Gasteiger partial charge in [0, 0.05) is 13.1 Å². The Kier molecular flexibility index (Phi) is 6.69. The maximum Gasteiger partial charge on any atom is 0.408 e. The minimum absolute atomic E-state index is 0.0195. The molecule has 0 aromatic rings. The standard InChI is InChI=1S/C17H32N2O3/c1-12(2)14(18-16(21)22-17(3,4)5)15(20)19(6)13-10-8-7-9-11-13/h12-14H,7-11H2,1-6H3,(H,18,21). The first-order valence-corrected chi connectivity index (χ1v) is 8.38. The molecule has 1 unspecified atom stereocenters. The second-order valence-corrected chi connectivity index (χ2v) is 7.61. The highest BCUT2D eigenvalue weighted by Gasteiger charge is 2.32. The van der Waals surface area contributed by atoms with E-state index in [1.54, 1.807) is 0 Å². The summed E-state index contributed by atoms with van der Waals surface area (Å²) in [6.07, 6.45) is 5.18. The van der Waals surface area contributed by atoms with Gasteiger partial charge in [0.05, 0.1) is 0 Å². The highest BCUT2D eigenvalue weighted by atomic mass is 16.6. The van der Waals surface area contributed by atoms with Crippen molar-refractivity contribution in [3.05, 3.63) is 0 Å². The number of ether oxygens (including phenoxy) is 1. The van der Waals surface area contributed by atoms with Gasteiger partial charge in [-0.25, -0.2) is 4.79 Å². The molecular formula is C17H32N2O3. The van der Waals surface area contributed by atoms with Crippen LogP contribution in [0.4, 0.5) is 4.79 Å². The third kappa shape index (κ3) is 5.85. The van der Waals surface area contributed by atoms with E-state index in [0.29, 0.717) is 6.04 Å².